The van der Waals surface area contributed by atoms with Crippen LogP contribution in [0.5, 0.6) is 0 Å². The highest BCUT2D eigenvalue weighted by molar-refractivity contribution is 8.13. The molecule has 1 aromatic carbocycles. The summed E-state index contributed by atoms with van der Waals surface area (Å²) in [6, 6.07) is -0.343. The van der Waals surface area contributed by atoms with Crippen LogP contribution in [0.4, 0.5) is 27.6 Å². The van der Waals surface area contributed by atoms with E-state index >= 15 is 0 Å². The number of hydrogen-bond acceptors (Lipinski definition) is 4. The first-order valence-corrected chi connectivity index (χ1v) is 6.79. The first kappa shape index (κ1) is 16.6. The molecule has 0 aliphatic carbocycles. The summed E-state index contributed by atoms with van der Waals surface area (Å²) in [5.41, 5.74) is -5.13. The Kier molecular flexibility index (Phi) is 4.25. The Morgan fingerprint density at radius 1 is 1.25 bits per heavy atom. The molecule has 0 saturated carbocycles. The van der Waals surface area contributed by atoms with Crippen molar-refractivity contribution in [3.05, 3.63) is 33.4 Å². The van der Waals surface area contributed by atoms with Crippen LogP contribution in [-0.2, 0) is 15.2 Å². The van der Waals surface area contributed by atoms with Gasteiger partial charge in [0, 0.05) is 16.7 Å². The second-order valence-electron chi connectivity index (χ2n) is 3.40. The summed E-state index contributed by atoms with van der Waals surface area (Å²) in [6.45, 7) is 0. The summed E-state index contributed by atoms with van der Waals surface area (Å²) in [5.74, 6) is 0. The third kappa shape index (κ3) is 3.33. The van der Waals surface area contributed by atoms with Crippen molar-refractivity contribution < 1.29 is 35.3 Å². The first-order chi connectivity index (χ1) is 8.85. The van der Waals surface area contributed by atoms with Gasteiger partial charge in [-0.05, 0) is 6.07 Å². The van der Waals surface area contributed by atoms with E-state index in [1.807, 2.05) is 0 Å². The van der Waals surface area contributed by atoms with Crippen molar-refractivity contribution in [1.82, 2.24) is 0 Å². The fourth-order valence-electron chi connectivity index (χ4n) is 1.35. The van der Waals surface area contributed by atoms with E-state index in [0.29, 0.717) is 0 Å². The van der Waals surface area contributed by atoms with Crippen LogP contribution in [0.1, 0.15) is 17.6 Å². The Hall–Kier alpha value is -1.49. The smallest absolute Gasteiger partial charge is 0.258 e. The molecule has 0 radical (unpaired) electrons. The number of halogens is 6. The molecule has 0 atom stereocenters. The molecule has 0 aromatic heterocycles. The molecule has 0 aliphatic rings. The van der Waals surface area contributed by atoms with E-state index in [-0.39, 0.29) is 12.1 Å². The maximum atomic E-state index is 12.7. The van der Waals surface area contributed by atoms with Gasteiger partial charge >= 0.3 is 6.18 Å². The summed E-state index contributed by atoms with van der Waals surface area (Å²) in [7, 11) is -0.274. The van der Waals surface area contributed by atoms with Crippen molar-refractivity contribution in [2.24, 2.45) is 0 Å². The van der Waals surface area contributed by atoms with Gasteiger partial charge < -0.3 is 0 Å². The third-order valence-corrected chi connectivity index (χ3v) is 3.49. The first-order valence-electron chi connectivity index (χ1n) is 4.48. The summed E-state index contributed by atoms with van der Waals surface area (Å²) >= 11 is 0. The maximum Gasteiger partial charge on any atom is 0.416 e. The van der Waals surface area contributed by atoms with Gasteiger partial charge in [-0.3, -0.25) is 10.1 Å². The number of nitrogens with zero attached hydrogens (tertiary/aromatic N) is 1. The van der Waals surface area contributed by atoms with E-state index < -0.39 is 48.3 Å². The molecule has 0 bridgehead atoms. The minimum absolute atomic E-state index is 0.170. The van der Waals surface area contributed by atoms with Crippen molar-refractivity contribution in [3.8, 4) is 0 Å². The zero-order valence-corrected chi connectivity index (χ0v) is 10.6. The monoisotopic (exact) mass is 339 g/mol. The zero-order chi connectivity index (χ0) is 15.9. The number of rotatable bonds is 3. The molecule has 0 amide bonds. The Bertz CT molecular complexity index is 658. The minimum Gasteiger partial charge on any atom is -0.258 e. The molecule has 12 heteroatoms. The van der Waals surface area contributed by atoms with Gasteiger partial charge in [-0.15, -0.1) is 0 Å². The van der Waals surface area contributed by atoms with E-state index in [0.717, 1.165) is 0 Å². The predicted octanol–water partition coefficient (Wildman–Crippen LogP) is 3.48. The lowest BCUT2D eigenvalue weighted by Gasteiger charge is -2.12. The molecule has 1 rings (SSSR count). The average molecular weight is 340 g/mol. The van der Waals surface area contributed by atoms with Gasteiger partial charge in [0.05, 0.1) is 15.4 Å². The lowest BCUT2D eigenvalue weighted by molar-refractivity contribution is -0.386. The lowest BCUT2D eigenvalue weighted by atomic mass is 10.1. The highest BCUT2D eigenvalue weighted by Gasteiger charge is 2.39. The second kappa shape index (κ2) is 5.13. The van der Waals surface area contributed by atoms with Crippen LogP contribution < -0.4 is 0 Å². The molecular formula is C8H3ClF5NO4S. The molecule has 0 unspecified atom stereocenters. The second-order valence-corrected chi connectivity index (χ2v) is 5.93. The lowest BCUT2D eigenvalue weighted by Crippen LogP contribution is -2.11. The standard InChI is InChI=1S/C8H3ClF5NO4S/c9-20(18,19)5-2-3(8(12,13)14)1-4(15(16)17)6(5)7(10)11/h1-2,7H. The van der Waals surface area contributed by atoms with Gasteiger partial charge in [0.25, 0.3) is 21.2 Å². The molecule has 20 heavy (non-hydrogen) atoms. The summed E-state index contributed by atoms with van der Waals surface area (Å²) in [4.78, 5) is 7.37. The van der Waals surface area contributed by atoms with Crippen LogP contribution >= 0.6 is 10.7 Å². The Morgan fingerprint density at radius 2 is 1.75 bits per heavy atom. The van der Waals surface area contributed by atoms with E-state index in [1.54, 1.807) is 0 Å². The van der Waals surface area contributed by atoms with Gasteiger partial charge in [0.2, 0.25) is 0 Å². The highest BCUT2D eigenvalue weighted by Crippen LogP contribution is 2.41. The zero-order valence-electron chi connectivity index (χ0n) is 8.99. The summed E-state index contributed by atoms with van der Waals surface area (Å²) in [5, 5.41) is 10.6. The summed E-state index contributed by atoms with van der Waals surface area (Å²) in [6.07, 6.45) is -8.86. The van der Waals surface area contributed by atoms with Crippen molar-refractivity contribution in [2.45, 2.75) is 17.5 Å². The van der Waals surface area contributed by atoms with Gasteiger partial charge in [-0.25, -0.2) is 17.2 Å². The fraction of sp³-hybridized carbons (Fsp3) is 0.250. The molecule has 0 spiro atoms. The number of alkyl halides is 5. The molecule has 112 valence electrons. The van der Waals surface area contributed by atoms with Gasteiger partial charge in [-0.1, -0.05) is 0 Å². The van der Waals surface area contributed by atoms with E-state index in [9.17, 15) is 40.5 Å². The number of benzene rings is 1. The molecule has 0 N–H and O–H groups in total. The Labute approximate surface area is 112 Å². The number of nitro benzene ring substituents is 1. The van der Waals surface area contributed by atoms with Gasteiger partial charge in [0.1, 0.15) is 5.56 Å². The minimum atomic E-state index is -5.16. The fourth-order valence-corrected chi connectivity index (χ4v) is 2.45. The molecule has 0 heterocycles. The molecule has 5 nitrogen and oxygen atoms in total. The molecule has 0 fully saturated rings. The average Bonchev–Trinajstić information content (AvgIpc) is 2.24. The Balaban J connectivity index is 3.89. The maximum absolute atomic E-state index is 12.7. The molecular weight excluding hydrogens is 337 g/mol. The molecule has 0 aliphatic heterocycles. The Morgan fingerprint density at radius 3 is 2.05 bits per heavy atom. The van der Waals surface area contributed by atoms with Gasteiger partial charge in [0.15, 0.2) is 0 Å². The third-order valence-electron chi connectivity index (χ3n) is 2.13. The van der Waals surface area contributed by atoms with E-state index in [1.165, 1.54) is 0 Å². The number of nitro groups is 1. The molecule has 0 saturated heterocycles. The van der Waals surface area contributed by atoms with Crippen LogP contribution in [-0.4, -0.2) is 13.3 Å². The van der Waals surface area contributed by atoms with Crippen LogP contribution in [0.2, 0.25) is 0 Å². The quantitative estimate of drug-likeness (QED) is 0.365. The summed E-state index contributed by atoms with van der Waals surface area (Å²) < 4.78 is 85.0. The van der Waals surface area contributed by atoms with Crippen molar-refractivity contribution in [2.75, 3.05) is 0 Å². The van der Waals surface area contributed by atoms with Crippen LogP contribution in [0.3, 0.4) is 0 Å². The largest absolute Gasteiger partial charge is 0.416 e. The van der Waals surface area contributed by atoms with Crippen molar-refractivity contribution in [3.63, 3.8) is 0 Å². The SMILES string of the molecule is O=[N+]([O-])c1cc(C(F)(F)F)cc(S(=O)(=O)Cl)c1C(F)F. The van der Waals surface area contributed by atoms with Gasteiger partial charge in [-0.2, -0.15) is 13.2 Å². The predicted molar refractivity (Wildman–Crippen MR) is 56.1 cm³/mol. The normalized spacial score (nSPS) is 12.8. The topological polar surface area (TPSA) is 77.3 Å². The van der Waals surface area contributed by atoms with Crippen molar-refractivity contribution in [1.29, 1.82) is 0 Å². The van der Waals surface area contributed by atoms with E-state index in [4.69, 9.17) is 10.7 Å². The highest BCUT2D eigenvalue weighted by atomic mass is 35.7. The van der Waals surface area contributed by atoms with Crippen molar-refractivity contribution >= 4 is 25.4 Å². The van der Waals surface area contributed by atoms with Crippen LogP contribution in [0.25, 0.3) is 0 Å². The van der Waals surface area contributed by atoms with Crippen LogP contribution in [0.15, 0.2) is 17.0 Å². The molecule has 1 aromatic rings. The van der Waals surface area contributed by atoms with Crippen LogP contribution in [0, 0.1) is 10.1 Å². The number of hydrogen-bond donors (Lipinski definition) is 0. The van der Waals surface area contributed by atoms with E-state index in [2.05, 4.69) is 0 Å².